The molecular weight excluding hydrogens is 432 g/mol. The number of methoxy groups -OCH3 is 1. The van der Waals surface area contributed by atoms with Crippen molar-refractivity contribution in [3.05, 3.63) is 47.2 Å². The molecule has 1 saturated heterocycles. The summed E-state index contributed by atoms with van der Waals surface area (Å²) in [5.41, 5.74) is 2.69. The first-order valence-corrected chi connectivity index (χ1v) is 11.3. The van der Waals surface area contributed by atoms with Crippen LogP contribution in [0.5, 0.6) is 11.5 Å². The maximum absolute atomic E-state index is 12.7. The van der Waals surface area contributed by atoms with Gasteiger partial charge in [-0.2, -0.15) is 9.78 Å². The van der Waals surface area contributed by atoms with Crippen molar-refractivity contribution in [2.75, 3.05) is 37.0 Å². The van der Waals surface area contributed by atoms with Crippen LogP contribution >= 0.6 is 0 Å². The minimum absolute atomic E-state index is 0.0908. The number of carbonyl (C=O) groups is 1. The van der Waals surface area contributed by atoms with E-state index in [1.54, 1.807) is 11.8 Å². The number of terminal acetylenes is 1. The molecule has 1 aromatic carbocycles. The van der Waals surface area contributed by atoms with Gasteiger partial charge in [0.1, 0.15) is 12.4 Å². The fourth-order valence-corrected chi connectivity index (χ4v) is 4.68. The molecular formula is C25H26N6O3. The molecule has 1 atom stereocenters. The third-order valence-corrected chi connectivity index (χ3v) is 6.29. The van der Waals surface area contributed by atoms with Gasteiger partial charge in [-0.3, -0.25) is 4.79 Å². The molecule has 0 aliphatic carbocycles. The monoisotopic (exact) mass is 458 g/mol. The molecule has 1 N–H and O–H groups in total. The molecule has 1 fully saturated rings. The van der Waals surface area contributed by atoms with Crippen molar-refractivity contribution in [3.63, 3.8) is 0 Å². The number of hydrogen-bond acceptors (Lipinski definition) is 7. The minimum atomic E-state index is -0.190. The lowest BCUT2D eigenvalue weighted by Crippen LogP contribution is -2.25. The molecule has 9 nitrogen and oxygen atoms in total. The first-order valence-electron chi connectivity index (χ1n) is 11.3. The molecule has 0 bridgehead atoms. The fraction of sp³-hybridized carbons (Fsp3) is 0.360. The number of carbonyl (C=O) groups excluding carboxylic acids is 1. The molecule has 0 spiro atoms. The van der Waals surface area contributed by atoms with Gasteiger partial charge in [-0.05, 0) is 49.6 Å². The van der Waals surface area contributed by atoms with E-state index in [-0.39, 0.29) is 18.4 Å². The second-order valence-corrected chi connectivity index (χ2v) is 8.41. The molecule has 2 aliphatic heterocycles. The SMILES string of the molecule is C#CCOc1ccc([C@@H]2CC(=O)Nc3c2c(C)nn3-c2ccc(N3CCCC3)nn2)cc1OC. The highest BCUT2D eigenvalue weighted by molar-refractivity contribution is 5.95. The highest BCUT2D eigenvalue weighted by Gasteiger charge is 2.33. The standard InChI is InChI=1S/C25H26N6O3/c1-4-13-34-19-8-7-17(14-20(19)33-3)18-15-23(32)26-25-24(18)16(2)29-31(25)22-10-9-21(27-28-22)30-11-5-6-12-30/h1,7-10,14,18H,5-6,11-13,15H2,2-3H3,(H,26,32)/t18-/m0/s1. The van der Waals surface area contributed by atoms with Gasteiger partial charge in [0.15, 0.2) is 23.1 Å². The molecule has 5 rings (SSSR count). The van der Waals surface area contributed by atoms with Gasteiger partial charge in [-0.1, -0.05) is 12.0 Å². The van der Waals surface area contributed by atoms with Crippen LogP contribution in [0.3, 0.4) is 0 Å². The van der Waals surface area contributed by atoms with E-state index in [9.17, 15) is 4.79 Å². The predicted octanol–water partition coefficient (Wildman–Crippen LogP) is 3.07. The van der Waals surface area contributed by atoms with Crippen molar-refractivity contribution in [1.29, 1.82) is 0 Å². The van der Waals surface area contributed by atoms with Gasteiger partial charge in [0, 0.05) is 31.0 Å². The van der Waals surface area contributed by atoms with Crippen molar-refractivity contribution in [2.45, 2.75) is 32.1 Å². The summed E-state index contributed by atoms with van der Waals surface area (Å²) in [7, 11) is 1.58. The van der Waals surface area contributed by atoms with Crippen molar-refractivity contribution in [1.82, 2.24) is 20.0 Å². The maximum atomic E-state index is 12.7. The highest BCUT2D eigenvalue weighted by atomic mass is 16.5. The lowest BCUT2D eigenvalue weighted by atomic mass is 9.85. The second kappa shape index (κ2) is 9.06. The zero-order chi connectivity index (χ0) is 23.7. The molecule has 174 valence electrons. The molecule has 0 radical (unpaired) electrons. The van der Waals surface area contributed by atoms with Crippen molar-refractivity contribution in [3.8, 4) is 29.7 Å². The second-order valence-electron chi connectivity index (χ2n) is 8.41. The molecule has 0 saturated carbocycles. The Balaban J connectivity index is 1.51. The largest absolute Gasteiger partial charge is 0.493 e. The molecule has 1 amide bonds. The minimum Gasteiger partial charge on any atom is -0.493 e. The summed E-state index contributed by atoms with van der Waals surface area (Å²) in [6.07, 6.45) is 7.95. The van der Waals surface area contributed by atoms with Crippen LogP contribution in [-0.2, 0) is 4.79 Å². The lowest BCUT2D eigenvalue weighted by molar-refractivity contribution is -0.116. The number of rotatable bonds is 6. The van der Waals surface area contributed by atoms with E-state index in [2.05, 4.69) is 26.3 Å². The molecule has 3 aromatic rings. The summed E-state index contributed by atoms with van der Waals surface area (Å²) in [6, 6.07) is 9.49. The van der Waals surface area contributed by atoms with Gasteiger partial charge in [-0.15, -0.1) is 16.6 Å². The van der Waals surface area contributed by atoms with Crippen LogP contribution in [0, 0.1) is 19.3 Å². The molecule has 34 heavy (non-hydrogen) atoms. The van der Waals surface area contributed by atoms with Gasteiger partial charge < -0.3 is 19.7 Å². The van der Waals surface area contributed by atoms with Crippen LogP contribution < -0.4 is 19.7 Å². The van der Waals surface area contributed by atoms with E-state index in [1.807, 2.05) is 37.3 Å². The summed E-state index contributed by atoms with van der Waals surface area (Å²) < 4.78 is 12.7. The predicted molar refractivity (Wildman–Crippen MR) is 128 cm³/mol. The number of hydrogen-bond donors (Lipinski definition) is 1. The zero-order valence-electron chi connectivity index (χ0n) is 19.2. The van der Waals surface area contributed by atoms with Gasteiger partial charge in [0.05, 0.1) is 12.8 Å². The zero-order valence-corrected chi connectivity index (χ0v) is 19.2. The van der Waals surface area contributed by atoms with Gasteiger partial charge in [0.2, 0.25) is 5.91 Å². The third kappa shape index (κ3) is 3.92. The van der Waals surface area contributed by atoms with Gasteiger partial charge in [0.25, 0.3) is 0 Å². The Labute approximate surface area is 198 Å². The van der Waals surface area contributed by atoms with Crippen molar-refractivity contribution >= 4 is 17.5 Å². The van der Waals surface area contributed by atoms with E-state index in [1.165, 1.54) is 12.8 Å². The van der Waals surface area contributed by atoms with Gasteiger partial charge in [-0.25, -0.2) is 0 Å². The van der Waals surface area contributed by atoms with E-state index < -0.39 is 0 Å². The molecule has 2 aromatic heterocycles. The van der Waals surface area contributed by atoms with Crippen molar-refractivity contribution < 1.29 is 14.3 Å². The number of aromatic nitrogens is 4. The number of ether oxygens (including phenoxy) is 2. The molecule has 0 unspecified atom stereocenters. The van der Waals surface area contributed by atoms with E-state index in [0.717, 1.165) is 35.7 Å². The third-order valence-electron chi connectivity index (χ3n) is 6.29. The Morgan fingerprint density at radius 1 is 1.15 bits per heavy atom. The topological polar surface area (TPSA) is 94.4 Å². The number of nitrogens with one attached hydrogen (secondary N) is 1. The summed E-state index contributed by atoms with van der Waals surface area (Å²) >= 11 is 0. The van der Waals surface area contributed by atoms with E-state index >= 15 is 0 Å². The molecule has 2 aliphatic rings. The van der Waals surface area contributed by atoms with E-state index in [0.29, 0.717) is 29.6 Å². The number of amides is 1. The number of aryl methyl sites for hydroxylation is 1. The van der Waals surface area contributed by atoms with Crippen LogP contribution in [0.25, 0.3) is 5.82 Å². The first-order chi connectivity index (χ1) is 16.6. The average Bonchev–Trinajstić information content (AvgIpc) is 3.51. The smallest absolute Gasteiger partial charge is 0.226 e. The first kappa shape index (κ1) is 21.8. The number of benzene rings is 1. The van der Waals surface area contributed by atoms with Crippen LogP contribution in [-0.4, -0.2) is 52.7 Å². The quantitative estimate of drug-likeness (QED) is 0.568. The van der Waals surface area contributed by atoms with Crippen LogP contribution in [0.2, 0.25) is 0 Å². The Hall–Kier alpha value is -4.06. The Morgan fingerprint density at radius 3 is 2.62 bits per heavy atom. The number of anilines is 2. The highest BCUT2D eigenvalue weighted by Crippen LogP contribution is 2.42. The summed E-state index contributed by atoms with van der Waals surface area (Å²) in [5.74, 6) is 5.34. The van der Waals surface area contributed by atoms with Crippen molar-refractivity contribution in [2.24, 2.45) is 0 Å². The Morgan fingerprint density at radius 2 is 1.91 bits per heavy atom. The lowest BCUT2D eigenvalue weighted by Gasteiger charge is -2.25. The van der Waals surface area contributed by atoms with Crippen LogP contribution in [0.15, 0.2) is 30.3 Å². The fourth-order valence-electron chi connectivity index (χ4n) is 4.68. The maximum Gasteiger partial charge on any atom is 0.226 e. The Kier molecular flexibility index (Phi) is 5.80. The molecule has 9 heteroatoms. The summed E-state index contributed by atoms with van der Waals surface area (Å²) in [5, 5.41) is 16.5. The number of fused-ring (bicyclic) bond motifs is 1. The summed E-state index contributed by atoms with van der Waals surface area (Å²) in [4.78, 5) is 14.9. The molecule has 4 heterocycles. The normalized spacial score (nSPS) is 17.1. The van der Waals surface area contributed by atoms with Crippen LogP contribution in [0.4, 0.5) is 11.6 Å². The van der Waals surface area contributed by atoms with Gasteiger partial charge >= 0.3 is 0 Å². The average molecular weight is 459 g/mol. The van der Waals surface area contributed by atoms with Crippen LogP contribution in [0.1, 0.15) is 42.0 Å². The van der Waals surface area contributed by atoms with E-state index in [4.69, 9.17) is 21.0 Å². The number of nitrogens with zero attached hydrogens (tertiary/aromatic N) is 5. The summed E-state index contributed by atoms with van der Waals surface area (Å²) in [6.45, 7) is 4.08. The Bertz CT molecular complexity index is 1250.